The van der Waals surface area contributed by atoms with Crippen molar-refractivity contribution in [3.05, 3.63) is 94.1 Å². The number of amides is 1. The van der Waals surface area contributed by atoms with Crippen molar-refractivity contribution in [3.63, 3.8) is 0 Å². The van der Waals surface area contributed by atoms with E-state index in [1.807, 2.05) is 36.4 Å². The van der Waals surface area contributed by atoms with Crippen LogP contribution in [-0.2, 0) is 11.3 Å². The minimum atomic E-state index is -0.397. The molecule has 31 heavy (non-hydrogen) atoms. The first-order valence-electron chi connectivity index (χ1n) is 9.73. The number of ether oxygens (including phenoxy) is 1. The van der Waals surface area contributed by atoms with Gasteiger partial charge < -0.3 is 9.64 Å². The summed E-state index contributed by atoms with van der Waals surface area (Å²) in [5.74, 6) is -0.606. The first kappa shape index (κ1) is 21.0. The number of hydrogen-bond acceptors (Lipinski definition) is 5. The van der Waals surface area contributed by atoms with Gasteiger partial charge in [-0.15, -0.1) is 11.3 Å². The largest absolute Gasteiger partial charge is 0.462 e. The Kier molecular flexibility index (Phi) is 6.30. The van der Waals surface area contributed by atoms with E-state index in [1.165, 1.54) is 11.3 Å². The van der Waals surface area contributed by atoms with Gasteiger partial charge in [-0.25, -0.2) is 4.79 Å². The Morgan fingerprint density at radius 1 is 1.06 bits per heavy atom. The number of benzene rings is 2. The highest BCUT2D eigenvalue weighted by atomic mass is 35.5. The van der Waals surface area contributed by atoms with E-state index in [-0.39, 0.29) is 5.91 Å². The Hall–Kier alpha value is -3.22. The number of carbonyl (C=O) groups excluding carboxylic acids is 2. The van der Waals surface area contributed by atoms with E-state index in [0.29, 0.717) is 34.3 Å². The fourth-order valence-electron chi connectivity index (χ4n) is 3.22. The van der Waals surface area contributed by atoms with Crippen LogP contribution in [0.3, 0.4) is 0 Å². The highest BCUT2D eigenvalue weighted by Gasteiger charge is 2.24. The topological polar surface area (TPSA) is 59.5 Å². The zero-order chi connectivity index (χ0) is 21.8. The molecule has 4 aromatic rings. The molecular weight excluding hydrogens is 432 g/mol. The van der Waals surface area contributed by atoms with Crippen molar-refractivity contribution in [2.75, 3.05) is 11.5 Å². The minimum absolute atomic E-state index is 0.209. The summed E-state index contributed by atoms with van der Waals surface area (Å²) in [7, 11) is 0. The van der Waals surface area contributed by atoms with Gasteiger partial charge in [-0.05, 0) is 48.9 Å². The van der Waals surface area contributed by atoms with Gasteiger partial charge in [0.05, 0.1) is 23.7 Å². The average molecular weight is 451 g/mol. The molecule has 2 heterocycles. The van der Waals surface area contributed by atoms with Gasteiger partial charge in [0.25, 0.3) is 5.91 Å². The predicted molar refractivity (Wildman–Crippen MR) is 124 cm³/mol. The van der Waals surface area contributed by atoms with Crippen LogP contribution < -0.4 is 4.90 Å². The Balaban J connectivity index is 1.72. The number of halogens is 1. The molecule has 0 radical (unpaired) electrons. The molecule has 2 aromatic heterocycles. The fourth-order valence-corrected chi connectivity index (χ4v) is 4.68. The van der Waals surface area contributed by atoms with E-state index in [4.69, 9.17) is 16.3 Å². The van der Waals surface area contributed by atoms with Crippen molar-refractivity contribution in [1.29, 1.82) is 0 Å². The Morgan fingerprint density at radius 3 is 2.52 bits per heavy atom. The van der Waals surface area contributed by atoms with Crippen LogP contribution in [-0.4, -0.2) is 23.5 Å². The highest BCUT2D eigenvalue weighted by Crippen LogP contribution is 2.37. The summed E-state index contributed by atoms with van der Waals surface area (Å²) in [5.41, 5.74) is 1.96. The molecule has 5 nitrogen and oxygen atoms in total. The lowest BCUT2D eigenvalue weighted by molar-refractivity contribution is 0.0526. The van der Waals surface area contributed by atoms with Crippen LogP contribution in [0.5, 0.6) is 0 Å². The zero-order valence-corrected chi connectivity index (χ0v) is 18.3. The lowest BCUT2D eigenvalue weighted by atomic mass is 10.1. The van der Waals surface area contributed by atoms with E-state index >= 15 is 0 Å². The molecular formula is C24H19ClN2O3S. The van der Waals surface area contributed by atoms with Crippen molar-refractivity contribution < 1.29 is 14.3 Å². The van der Waals surface area contributed by atoms with Gasteiger partial charge >= 0.3 is 5.97 Å². The molecule has 7 heteroatoms. The zero-order valence-electron chi connectivity index (χ0n) is 16.7. The van der Waals surface area contributed by atoms with Crippen LogP contribution >= 0.6 is 22.9 Å². The second kappa shape index (κ2) is 9.29. The maximum Gasteiger partial charge on any atom is 0.338 e. The molecule has 0 bridgehead atoms. The summed E-state index contributed by atoms with van der Waals surface area (Å²) >= 11 is 7.94. The molecule has 0 aliphatic heterocycles. The molecule has 0 saturated heterocycles. The first-order chi connectivity index (χ1) is 15.1. The number of pyridine rings is 1. The molecule has 0 aliphatic carbocycles. The number of thiophene rings is 1. The van der Waals surface area contributed by atoms with Crippen LogP contribution in [0.2, 0.25) is 5.02 Å². The van der Waals surface area contributed by atoms with Gasteiger partial charge in [-0.2, -0.15) is 0 Å². The monoisotopic (exact) mass is 450 g/mol. The van der Waals surface area contributed by atoms with E-state index in [9.17, 15) is 9.59 Å². The van der Waals surface area contributed by atoms with Crippen molar-refractivity contribution in [2.24, 2.45) is 0 Å². The number of fused-ring (bicyclic) bond motifs is 1. The summed E-state index contributed by atoms with van der Waals surface area (Å²) in [6.07, 6.45) is 3.41. The quantitative estimate of drug-likeness (QED) is 0.339. The molecule has 0 saturated carbocycles. The summed E-state index contributed by atoms with van der Waals surface area (Å²) in [5, 5.41) is 1.31. The van der Waals surface area contributed by atoms with Gasteiger partial charge in [0.1, 0.15) is 4.88 Å². The third-order valence-electron chi connectivity index (χ3n) is 4.73. The molecule has 0 N–H and O–H groups in total. The first-order valence-corrected chi connectivity index (χ1v) is 10.9. The molecule has 0 aliphatic rings. The third kappa shape index (κ3) is 4.45. The van der Waals surface area contributed by atoms with E-state index in [2.05, 4.69) is 4.98 Å². The van der Waals surface area contributed by atoms with Crippen LogP contribution in [0.15, 0.2) is 73.1 Å². The summed E-state index contributed by atoms with van der Waals surface area (Å²) in [4.78, 5) is 31.9. The van der Waals surface area contributed by atoms with E-state index in [1.54, 1.807) is 48.5 Å². The number of rotatable bonds is 6. The lowest BCUT2D eigenvalue weighted by Crippen LogP contribution is -2.30. The number of carbonyl (C=O) groups is 2. The molecule has 156 valence electrons. The number of hydrogen-bond donors (Lipinski definition) is 0. The average Bonchev–Trinajstić information content (AvgIpc) is 3.15. The number of aromatic nitrogens is 1. The minimum Gasteiger partial charge on any atom is -0.462 e. The molecule has 0 spiro atoms. The predicted octanol–water partition coefficient (Wildman–Crippen LogP) is 5.97. The molecule has 0 atom stereocenters. The number of nitrogens with zero attached hydrogens (tertiary/aromatic N) is 2. The van der Waals surface area contributed by atoms with Gasteiger partial charge in [-0.3, -0.25) is 9.78 Å². The van der Waals surface area contributed by atoms with Crippen molar-refractivity contribution in [1.82, 2.24) is 4.98 Å². The van der Waals surface area contributed by atoms with Crippen molar-refractivity contribution >= 4 is 50.6 Å². The summed E-state index contributed by atoms with van der Waals surface area (Å²) in [6.45, 7) is 2.38. The van der Waals surface area contributed by atoms with Crippen LogP contribution in [0.1, 0.15) is 32.5 Å². The maximum absolute atomic E-state index is 13.6. The van der Waals surface area contributed by atoms with E-state index < -0.39 is 5.97 Å². The summed E-state index contributed by atoms with van der Waals surface area (Å²) < 4.78 is 6.00. The van der Waals surface area contributed by atoms with Crippen LogP contribution in [0.25, 0.3) is 10.1 Å². The van der Waals surface area contributed by atoms with Gasteiger partial charge in [-0.1, -0.05) is 35.9 Å². The Morgan fingerprint density at radius 2 is 1.84 bits per heavy atom. The SMILES string of the molecule is CCOC(=O)c1ccc(N(Cc2cccnc2)C(=O)c2sc3ccccc3c2Cl)cc1. The van der Waals surface area contributed by atoms with Crippen LogP contribution in [0, 0.1) is 0 Å². The molecule has 0 unspecified atom stereocenters. The standard InChI is InChI=1S/C24H19ClN2O3S/c1-2-30-24(29)17-9-11-18(12-10-17)27(15-16-6-5-13-26-14-16)23(28)22-21(25)19-7-3-4-8-20(19)31-22/h3-14H,2,15H2,1H3. The summed E-state index contributed by atoms with van der Waals surface area (Å²) in [6, 6.07) is 18.2. The highest BCUT2D eigenvalue weighted by molar-refractivity contribution is 7.21. The van der Waals surface area contributed by atoms with Gasteiger partial charge in [0.15, 0.2) is 0 Å². The van der Waals surface area contributed by atoms with Crippen molar-refractivity contribution in [2.45, 2.75) is 13.5 Å². The Bertz CT molecular complexity index is 1220. The van der Waals surface area contributed by atoms with E-state index in [0.717, 1.165) is 15.6 Å². The van der Waals surface area contributed by atoms with Crippen LogP contribution in [0.4, 0.5) is 5.69 Å². The van der Waals surface area contributed by atoms with Gasteiger partial charge in [0.2, 0.25) is 0 Å². The van der Waals surface area contributed by atoms with Gasteiger partial charge in [0, 0.05) is 28.2 Å². The normalized spacial score (nSPS) is 10.8. The second-order valence-electron chi connectivity index (χ2n) is 6.76. The maximum atomic E-state index is 13.6. The lowest BCUT2D eigenvalue weighted by Gasteiger charge is -2.23. The fraction of sp³-hybridized carbons (Fsp3) is 0.125. The number of esters is 1. The van der Waals surface area contributed by atoms with Crippen molar-refractivity contribution in [3.8, 4) is 0 Å². The smallest absolute Gasteiger partial charge is 0.338 e. The molecule has 4 rings (SSSR count). The Labute approximate surface area is 188 Å². The number of anilines is 1. The third-order valence-corrected chi connectivity index (χ3v) is 6.39. The molecule has 0 fully saturated rings. The molecule has 2 aromatic carbocycles. The molecule has 1 amide bonds. The second-order valence-corrected chi connectivity index (χ2v) is 8.19.